The van der Waals surface area contributed by atoms with E-state index in [4.69, 9.17) is 11.6 Å². The van der Waals surface area contributed by atoms with Crippen LogP contribution in [0.4, 0.5) is 4.39 Å². The van der Waals surface area contributed by atoms with Crippen molar-refractivity contribution in [2.45, 2.75) is 52.7 Å². The zero-order valence-electron chi connectivity index (χ0n) is 13.4. The van der Waals surface area contributed by atoms with Gasteiger partial charge in [-0.2, -0.15) is 0 Å². The number of benzene rings is 1. The minimum Gasteiger partial charge on any atom is -0.311 e. The second-order valence-electron chi connectivity index (χ2n) is 7.04. The van der Waals surface area contributed by atoms with E-state index in [-0.39, 0.29) is 16.3 Å². The van der Waals surface area contributed by atoms with Crippen LogP contribution >= 0.6 is 11.6 Å². The van der Waals surface area contributed by atoms with Gasteiger partial charge in [0.05, 0.1) is 5.02 Å². The van der Waals surface area contributed by atoms with Crippen LogP contribution in [0, 0.1) is 11.2 Å². The molecule has 1 heterocycles. The highest BCUT2D eigenvalue weighted by molar-refractivity contribution is 6.31. The first-order valence-corrected chi connectivity index (χ1v) is 8.11. The number of rotatable bonds is 3. The van der Waals surface area contributed by atoms with Crippen molar-refractivity contribution in [2.24, 2.45) is 5.41 Å². The molecule has 0 radical (unpaired) electrons. The van der Waals surface area contributed by atoms with Gasteiger partial charge in [0.1, 0.15) is 5.82 Å². The van der Waals surface area contributed by atoms with Crippen LogP contribution < -0.4 is 5.32 Å². The summed E-state index contributed by atoms with van der Waals surface area (Å²) in [6.45, 7) is 11.6. The fourth-order valence-electron chi connectivity index (χ4n) is 3.07. The van der Waals surface area contributed by atoms with E-state index in [0.717, 1.165) is 25.1 Å². The molecular formula is C17H26ClFN2. The highest BCUT2D eigenvalue weighted by Crippen LogP contribution is 2.30. The van der Waals surface area contributed by atoms with Crippen molar-refractivity contribution in [3.05, 3.63) is 34.6 Å². The van der Waals surface area contributed by atoms with Crippen LogP contribution in [0.15, 0.2) is 18.2 Å². The summed E-state index contributed by atoms with van der Waals surface area (Å²) in [5.41, 5.74) is 1.05. The van der Waals surface area contributed by atoms with Crippen molar-refractivity contribution in [2.75, 3.05) is 13.1 Å². The molecule has 0 spiro atoms. The average Bonchev–Trinajstić information content (AvgIpc) is 2.42. The molecule has 1 aromatic carbocycles. The zero-order valence-corrected chi connectivity index (χ0v) is 14.2. The number of hydrogen-bond donors (Lipinski definition) is 1. The van der Waals surface area contributed by atoms with Crippen molar-refractivity contribution < 1.29 is 4.39 Å². The number of hydrogen-bond acceptors (Lipinski definition) is 2. The molecule has 0 amide bonds. The van der Waals surface area contributed by atoms with Crippen molar-refractivity contribution in [1.82, 2.24) is 10.2 Å². The van der Waals surface area contributed by atoms with Crippen LogP contribution in [0.25, 0.3) is 0 Å². The third-order valence-electron chi connectivity index (χ3n) is 4.39. The maximum absolute atomic E-state index is 13.6. The van der Waals surface area contributed by atoms with Gasteiger partial charge in [0, 0.05) is 31.7 Å². The minimum absolute atomic E-state index is 0.172. The van der Waals surface area contributed by atoms with Gasteiger partial charge < -0.3 is 5.32 Å². The van der Waals surface area contributed by atoms with E-state index in [2.05, 4.69) is 37.9 Å². The molecule has 2 nitrogen and oxygen atoms in total. The molecule has 1 aliphatic rings. The summed E-state index contributed by atoms with van der Waals surface area (Å²) in [5, 5.41) is 3.88. The van der Waals surface area contributed by atoms with Crippen molar-refractivity contribution >= 4 is 11.6 Å². The second-order valence-corrected chi connectivity index (χ2v) is 7.42. The highest BCUT2D eigenvalue weighted by atomic mass is 35.5. The zero-order chi connectivity index (χ0) is 15.6. The predicted octanol–water partition coefficient (Wildman–Crippen LogP) is 4.08. The molecule has 21 heavy (non-hydrogen) atoms. The summed E-state index contributed by atoms with van der Waals surface area (Å²) in [5.74, 6) is -0.330. The van der Waals surface area contributed by atoms with Gasteiger partial charge in [-0.15, -0.1) is 0 Å². The van der Waals surface area contributed by atoms with Gasteiger partial charge in [-0.3, -0.25) is 4.90 Å². The summed E-state index contributed by atoms with van der Waals surface area (Å²) in [6, 6.07) is 5.99. The van der Waals surface area contributed by atoms with Crippen molar-refractivity contribution in [3.63, 3.8) is 0 Å². The number of nitrogens with one attached hydrogen (secondary N) is 1. The quantitative estimate of drug-likeness (QED) is 0.905. The van der Waals surface area contributed by atoms with Gasteiger partial charge in [0.2, 0.25) is 0 Å². The molecule has 2 atom stereocenters. The van der Waals surface area contributed by atoms with Crippen LogP contribution in [-0.4, -0.2) is 30.1 Å². The molecule has 0 aromatic heterocycles. The lowest BCUT2D eigenvalue weighted by Gasteiger charge is -2.46. The molecule has 1 aliphatic heterocycles. The van der Waals surface area contributed by atoms with Gasteiger partial charge in [0.25, 0.3) is 0 Å². The van der Waals surface area contributed by atoms with Crippen LogP contribution in [-0.2, 0) is 6.54 Å². The monoisotopic (exact) mass is 312 g/mol. The smallest absolute Gasteiger partial charge is 0.142 e. The van der Waals surface area contributed by atoms with Crippen LogP contribution in [0.3, 0.4) is 0 Å². The lowest BCUT2D eigenvalue weighted by molar-refractivity contribution is 0.0485. The lowest BCUT2D eigenvalue weighted by Crippen LogP contribution is -2.59. The third kappa shape index (κ3) is 3.97. The standard InChI is InChI=1S/C17H26ClFN2/c1-5-13-11-21(15(9-20-13)17(2,3)4)10-12-7-6-8-14(19)16(12)18/h6-8,13,15,20H,5,9-11H2,1-4H3. The molecule has 2 unspecified atom stereocenters. The Labute approximate surface area is 132 Å². The van der Waals surface area contributed by atoms with Gasteiger partial charge >= 0.3 is 0 Å². The van der Waals surface area contributed by atoms with Crippen LogP contribution in [0.2, 0.25) is 5.02 Å². The van der Waals surface area contributed by atoms with E-state index in [1.807, 2.05) is 6.07 Å². The maximum Gasteiger partial charge on any atom is 0.142 e. The third-order valence-corrected chi connectivity index (χ3v) is 4.82. The fourth-order valence-corrected chi connectivity index (χ4v) is 3.26. The summed E-state index contributed by atoms with van der Waals surface area (Å²) in [7, 11) is 0. The Bertz CT molecular complexity index is 484. The first kappa shape index (κ1) is 16.7. The Hall–Kier alpha value is -0.640. The van der Waals surface area contributed by atoms with E-state index in [1.165, 1.54) is 6.07 Å². The van der Waals surface area contributed by atoms with Gasteiger partial charge in [-0.1, -0.05) is 51.4 Å². The minimum atomic E-state index is -0.330. The summed E-state index contributed by atoms with van der Waals surface area (Å²) in [4.78, 5) is 2.45. The molecule has 1 saturated heterocycles. The van der Waals surface area contributed by atoms with E-state index in [9.17, 15) is 4.39 Å². The first-order valence-electron chi connectivity index (χ1n) is 7.73. The Morgan fingerprint density at radius 3 is 2.71 bits per heavy atom. The van der Waals surface area contributed by atoms with Gasteiger partial charge in [0.15, 0.2) is 0 Å². The van der Waals surface area contributed by atoms with E-state index >= 15 is 0 Å². The Morgan fingerprint density at radius 2 is 2.10 bits per heavy atom. The molecule has 2 rings (SSSR count). The number of nitrogens with zero attached hydrogens (tertiary/aromatic N) is 1. The predicted molar refractivity (Wildman–Crippen MR) is 87.1 cm³/mol. The molecule has 0 bridgehead atoms. The lowest BCUT2D eigenvalue weighted by atomic mass is 9.83. The number of halogens is 2. The Morgan fingerprint density at radius 1 is 1.38 bits per heavy atom. The topological polar surface area (TPSA) is 15.3 Å². The molecule has 1 aromatic rings. The average molecular weight is 313 g/mol. The number of piperazine rings is 1. The molecule has 1 N–H and O–H groups in total. The van der Waals surface area contributed by atoms with E-state index in [0.29, 0.717) is 18.6 Å². The largest absolute Gasteiger partial charge is 0.311 e. The van der Waals surface area contributed by atoms with Gasteiger partial charge in [-0.25, -0.2) is 4.39 Å². The molecule has 0 saturated carbocycles. The molecule has 4 heteroatoms. The Balaban J connectivity index is 2.21. The van der Waals surface area contributed by atoms with E-state index in [1.54, 1.807) is 6.07 Å². The normalized spacial score (nSPS) is 24.3. The summed E-state index contributed by atoms with van der Waals surface area (Å²) < 4.78 is 13.6. The SMILES string of the molecule is CCC1CN(Cc2cccc(F)c2Cl)C(C(C)(C)C)CN1. The summed E-state index contributed by atoms with van der Waals surface area (Å²) in [6.07, 6.45) is 1.10. The molecule has 1 fully saturated rings. The van der Waals surface area contributed by atoms with Gasteiger partial charge in [-0.05, 0) is 23.5 Å². The fraction of sp³-hybridized carbons (Fsp3) is 0.647. The Kier molecular flexibility index (Phi) is 5.29. The molecule has 0 aliphatic carbocycles. The van der Waals surface area contributed by atoms with Crippen molar-refractivity contribution in [1.29, 1.82) is 0 Å². The first-order chi connectivity index (χ1) is 9.82. The second kappa shape index (κ2) is 6.64. The maximum atomic E-state index is 13.6. The summed E-state index contributed by atoms with van der Waals surface area (Å²) >= 11 is 6.13. The highest BCUT2D eigenvalue weighted by Gasteiger charge is 2.35. The van der Waals surface area contributed by atoms with Crippen molar-refractivity contribution in [3.8, 4) is 0 Å². The van der Waals surface area contributed by atoms with Crippen LogP contribution in [0.1, 0.15) is 39.7 Å². The van der Waals surface area contributed by atoms with E-state index < -0.39 is 0 Å². The molecule has 118 valence electrons. The van der Waals surface area contributed by atoms with Crippen LogP contribution in [0.5, 0.6) is 0 Å². The molecular weight excluding hydrogens is 287 g/mol.